The van der Waals surface area contributed by atoms with Gasteiger partial charge in [-0.15, -0.1) is 0 Å². The molecule has 0 spiro atoms. The van der Waals surface area contributed by atoms with E-state index in [9.17, 15) is 0 Å². The summed E-state index contributed by atoms with van der Waals surface area (Å²) < 4.78 is 0. The number of nitrogens with two attached hydrogens (primary N) is 1. The Balaban J connectivity index is 1.68. The van der Waals surface area contributed by atoms with Gasteiger partial charge in [0.2, 0.25) is 0 Å². The molecule has 4 nitrogen and oxygen atoms in total. The molecule has 0 bridgehead atoms. The SMILES string of the molecule is Cc1ccc(NC(N)=NCCCNc2ccccc2)cc1. The maximum atomic E-state index is 5.86. The van der Waals surface area contributed by atoms with E-state index < -0.39 is 0 Å². The summed E-state index contributed by atoms with van der Waals surface area (Å²) in [6.07, 6.45) is 0.936. The molecule has 0 saturated carbocycles. The molecule has 0 radical (unpaired) electrons. The number of guanidine groups is 1. The number of benzene rings is 2. The van der Waals surface area contributed by atoms with Crippen LogP contribution in [0.5, 0.6) is 0 Å². The second kappa shape index (κ2) is 7.94. The molecule has 4 N–H and O–H groups in total. The van der Waals surface area contributed by atoms with Crippen LogP contribution in [0, 0.1) is 6.92 Å². The zero-order valence-corrected chi connectivity index (χ0v) is 12.3. The summed E-state index contributed by atoms with van der Waals surface area (Å²) in [6.45, 7) is 3.64. The first-order valence-electron chi connectivity index (χ1n) is 7.16. The zero-order valence-electron chi connectivity index (χ0n) is 12.3. The third kappa shape index (κ3) is 5.57. The summed E-state index contributed by atoms with van der Waals surface area (Å²) in [5.41, 5.74) is 9.17. The first kappa shape index (κ1) is 14.9. The number of aliphatic imine (C=N–C) groups is 1. The van der Waals surface area contributed by atoms with Crippen molar-refractivity contribution in [2.24, 2.45) is 10.7 Å². The van der Waals surface area contributed by atoms with Gasteiger partial charge < -0.3 is 16.4 Å². The average molecular weight is 282 g/mol. The van der Waals surface area contributed by atoms with Crippen molar-refractivity contribution >= 4 is 17.3 Å². The highest BCUT2D eigenvalue weighted by Crippen LogP contribution is 2.08. The van der Waals surface area contributed by atoms with Crippen LogP contribution < -0.4 is 16.4 Å². The predicted octanol–water partition coefficient (Wildman–Crippen LogP) is 3.22. The van der Waals surface area contributed by atoms with E-state index in [0.29, 0.717) is 12.5 Å². The maximum Gasteiger partial charge on any atom is 0.193 e. The number of aryl methyl sites for hydroxylation is 1. The van der Waals surface area contributed by atoms with Crippen LogP contribution in [-0.2, 0) is 0 Å². The van der Waals surface area contributed by atoms with Gasteiger partial charge in [-0.05, 0) is 37.6 Å². The molecule has 2 rings (SSSR count). The lowest BCUT2D eigenvalue weighted by Gasteiger charge is -2.07. The van der Waals surface area contributed by atoms with Crippen LogP contribution in [0.1, 0.15) is 12.0 Å². The van der Waals surface area contributed by atoms with Crippen molar-refractivity contribution in [3.63, 3.8) is 0 Å². The van der Waals surface area contributed by atoms with Crippen LogP contribution in [0.15, 0.2) is 59.6 Å². The number of nitrogens with zero attached hydrogens (tertiary/aromatic N) is 1. The van der Waals surface area contributed by atoms with Gasteiger partial charge in [-0.25, -0.2) is 0 Å². The molecule has 110 valence electrons. The van der Waals surface area contributed by atoms with E-state index in [2.05, 4.69) is 34.7 Å². The molecule has 0 aromatic heterocycles. The van der Waals surface area contributed by atoms with Crippen molar-refractivity contribution in [2.45, 2.75) is 13.3 Å². The molecule has 4 heteroatoms. The highest BCUT2D eigenvalue weighted by molar-refractivity contribution is 5.92. The second-order valence-corrected chi connectivity index (χ2v) is 4.90. The fourth-order valence-corrected chi connectivity index (χ4v) is 1.89. The Morgan fingerprint density at radius 1 is 1.00 bits per heavy atom. The number of hydrogen-bond acceptors (Lipinski definition) is 2. The lowest BCUT2D eigenvalue weighted by atomic mass is 10.2. The lowest BCUT2D eigenvalue weighted by Crippen LogP contribution is -2.23. The fourth-order valence-electron chi connectivity index (χ4n) is 1.89. The van der Waals surface area contributed by atoms with E-state index in [1.54, 1.807) is 0 Å². The number of rotatable bonds is 6. The third-order valence-corrected chi connectivity index (χ3v) is 3.04. The highest BCUT2D eigenvalue weighted by Gasteiger charge is 1.95. The Bertz CT molecular complexity index is 561. The van der Waals surface area contributed by atoms with Crippen molar-refractivity contribution < 1.29 is 0 Å². The number of para-hydroxylation sites is 1. The third-order valence-electron chi connectivity index (χ3n) is 3.04. The van der Waals surface area contributed by atoms with Gasteiger partial charge in [0, 0.05) is 24.5 Å². The van der Waals surface area contributed by atoms with Crippen LogP contribution >= 0.6 is 0 Å². The normalized spacial score (nSPS) is 11.2. The number of hydrogen-bond donors (Lipinski definition) is 3. The van der Waals surface area contributed by atoms with E-state index in [1.807, 2.05) is 42.5 Å². The highest BCUT2D eigenvalue weighted by atomic mass is 15.1. The van der Waals surface area contributed by atoms with E-state index in [0.717, 1.165) is 24.3 Å². The van der Waals surface area contributed by atoms with Crippen LogP contribution in [0.2, 0.25) is 0 Å². The summed E-state index contributed by atoms with van der Waals surface area (Å²) in [4.78, 5) is 4.32. The Morgan fingerprint density at radius 2 is 1.71 bits per heavy atom. The van der Waals surface area contributed by atoms with Gasteiger partial charge in [0.1, 0.15) is 0 Å². The minimum absolute atomic E-state index is 0.457. The van der Waals surface area contributed by atoms with Crippen LogP contribution in [0.3, 0.4) is 0 Å². The van der Waals surface area contributed by atoms with E-state index in [-0.39, 0.29) is 0 Å². The zero-order chi connectivity index (χ0) is 14.9. The molecule has 0 heterocycles. The smallest absolute Gasteiger partial charge is 0.193 e. The van der Waals surface area contributed by atoms with Gasteiger partial charge in [-0.1, -0.05) is 35.9 Å². The van der Waals surface area contributed by atoms with Crippen molar-refractivity contribution in [3.8, 4) is 0 Å². The molecule has 21 heavy (non-hydrogen) atoms. The molecular weight excluding hydrogens is 260 g/mol. The average Bonchev–Trinajstić information content (AvgIpc) is 2.50. The molecule has 0 fully saturated rings. The van der Waals surface area contributed by atoms with Crippen molar-refractivity contribution in [1.29, 1.82) is 0 Å². The molecule has 2 aromatic rings. The van der Waals surface area contributed by atoms with E-state index >= 15 is 0 Å². The number of anilines is 2. The molecule has 2 aromatic carbocycles. The summed E-state index contributed by atoms with van der Waals surface area (Å²) in [5, 5.41) is 6.43. The Kier molecular flexibility index (Phi) is 5.64. The van der Waals surface area contributed by atoms with Gasteiger partial charge in [0.05, 0.1) is 0 Å². The second-order valence-electron chi connectivity index (χ2n) is 4.90. The van der Waals surface area contributed by atoms with Gasteiger partial charge in [-0.3, -0.25) is 4.99 Å². The Hall–Kier alpha value is -2.49. The Labute approximate surface area is 126 Å². The van der Waals surface area contributed by atoms with Crippen molar-refractivity contribution in [2.75, 3.05) is 23.7 Å². The molecule has 0 amide bonds. The molecular formula is C17H22N4. The minimum atomic E-state index is 0.457. The summed E-state index contributed by atoms with van der Waals surface area (Å²) in [5.74, 6) is 0.457. The molecule has 0 saturated heterocycles. The van der Waals surface area contributed by atoms with E-state index in [4.69, 9.17) is 5.73 Å². The monoisotopic (exact) mass is 282 g/mol. The molecule has 0 aliphatic rings. The van der Waals surface area contributed by atoms with Crippen LogP contribution in [-0.4, -0.2) is 19.0 Å². The Morgan fingerprint density at radius 3 is 2.43 bits per heavy atom. The topological polar surface area (TPSA) is 62.4 Å². The molecule has 0 atom stereocenters. The quantitative estimate of drug-likeness (QED) is 0.433. The summed E-state index contributed by atoms with van der Waals surface area (Å²) in [7, 11) is 0. The van der Waals surface area contributed by atoms with E-state index in [1.165, 1.54) is 5.56 Å². The van der Waals surface area contributed by atoms with Gasteiger partial charge in [0.15, 0.2) is 5.96 Å². The fraction of sp³-hybridized carbons (Fsp3) is 0.235. The first-order valence-corrected chi connectivity index (χ1v) is 7.16. The largest absolute Gasteiger partial charge is 0.385 e. The van der Waals surface area contributed by atoms with Crippen molar-refractivity contribution in [3.05, 3.63) is 60.2 Å². The molecule has 0 aliphatic carbocycles. The maximum absolute atomic E-state index is 5.86. The predicted molar refractivity (Wildman–Crippen MR) is 90.8 cm³/mol. The standard InChI is InChI=1S/C17H22N4/c1-14-8-10-16(11-9-14)21-17(18)20-13-5-12-19-15-6-3-2-4-7-15/h2-4,6-11,19H,5,12-13H2,1H3,(H3,18,20,21). The first-order chi connectivity index (χ1) is 10.2. The molecule has 0 unspecified atom stereocenters. The van der Waals surface area contributed by atoms with Crippen molar-refractivity contribution in [1.82, 2.24) is 0 Å². The van der Waals surface area contributed by atoms with Gasteiger partial charge in [0.25, 0.3) is 0 Å². The van der Waals surface area contributed by atoms with Gasteiger partial charge in [-0.2, -0.15) is 0 Å². The number of nitrogens with one attached hydrogen (secondary N) is 2. The lowest BCUT2D eigenvalue weighted by molar-refractivity contribution is 0.873. The minimum Gasteiger partial charge on any atom is -0.385 e. The van der Waals surface area contributed by atoms with Crippen LogP contribution in [0.25, 0.3) is 0 Å². The summed E-state index contributed by atoms with van der Waals surface area (Å²) >= 11 is 0. The molecule has 0 aliphatic heterocycles. The van der Waals surface area contributed by atoms with Gasteiger partial charge >= 0.3 is 0 Å². The van der Waals surface area contributed by atoms with Crippen LogP contribution in [0.4, 0.5) is 11.4 Å². The summed E-state index contributed by atoms with van der Waals surface area (Å²) in [6, 6.07) is 18.2.